The second-order valence-electron chi connectivity index (χ2n) is 7.49. The summed E-state index contributed by atoms with van der Waals surface area (Å²) in [6.45, 7) is 5.07. The van der Waals surface area contributed by atoms with Crippen LogP contribution in [0.2, 0.25) is 0 Å². The minimum absolute atomic E-state index is 0.0204. The summed E-state index contributed by atoms with van der Waals surface area (Å²) in [7, 11) is 0. The van der Waals surface area contributed by atoms with Crippen LogP contribution in [0.15, 0.2) is 42.5 Å². The predicted molar refractivity (Wildman–Crippen MR) is 105 cm³/mol. The van der Waals surface area contributed by atoms with E-state index in [9.17, 15) is 9.59 Å². The molecule has 0 saturated carbocycles. The number of rotatable bonds is 3. The zero-order valence-corrected chi connectivity index (χ0v) is 15.6. The molecule has 2 aromatic carbocycles. The minimum atomic E-state index is -0.0204. The fourth-order valence-corrected chi connectivity index (χ4v) is 3.81. The summed E-state index contributed by atoms with van der Waals surface area (Å²) in [5.41, 5.74) is 5.08. The number of hydrogen-bond acceptors (Lipinski definition) is 3. The first kappa shape index (κ1) is 17.7. The van der Waals surface area contributed by atoms with Gasteiger partial charge in [0.1, 0.15) is 0 Å². The lowest BCUT2D eigenvalue weighted by Gasteiger charge is -2.32. The Balaban J connectivity index is 1.32. The monoisotopic (exact) mass is 363 g/mol. The third-order valence-electron chi connectivity index (χ3n) is 5.52. The fourth-order valence-electron chi connectivity index (χ4n) is 3.81. The van der Waals surface area contributed by atoms with E-state index in [1.165, 1.54) is 11.1 Å². The van der Waals surface area contributed by atoms with Crippen LogP contribution in [-0.2, 0) is 13.1 Å². The van der Waals surface area contributed by atoms with Gasteiger partial charge < -0.3 is 15.5 Å². The zero-order valence-electron chi connectivity index (χ0n) is 15.6. The zero-order chi connectivity index (χ0) is 18.8. The highest BCUT2D eigenvalue weighted by Crippen LogP contribution is 2.18. The van der Waals surface area contributed by atoms with E-state index in [1.54, 1.807) is 0 Å². The van der Waals surface area contributed by atoms with Gasteiger partial charge in [0.2, 0.25) is 0 Å². The van der Waals surface area contributed by atoms with Crippen molar-refractivity contribution < 1.29 is 9.59 Å². The van der Waals surface area contributed by atoms with Gasteiger partial charge in [0.25, 0.3) is 11.8 Å². The molecule has 2 N–H and O–H groups in total. The van der Waals surface area contributed by atoms with Crippen molar-refractivity contribution in [3.05, 3.63) is 70.3 Å². The normalized spacial score (nSPS) is 16.9. The molecule has 0 bridgehead atoms. The van der Waals surface area contributed by atoms with Gasteiger partial charge in [-0.15, -0.1) is 0 Å². The summed E-state index contributed by atoms with van der Waals surface area (Å²) in [4.78, 5) is 27.1. The van der Waals surface area contributed by atoms with Crippen LogP contribution in [0.5, 0.6) is 0 Å². The molecule has 140 valence electrons. The van der Waals surface area contributed by atoms with E-state index >= 15 is 0 Å². The summed E-state index contributed by atoms with van der Waals surface area (Å²) < 4.78 is 0. The highest BCUT2D eigenvalue weighted by molar-refractivity contribution is 5.95. The Kier molecular flexibility index (Phi) is 4.94. The van der Waals surface area contributed by atoms with Crippen LogP contribution >= 0.6 is 0 Å². The van der Waals surface area contributed by atoms with Gasteiger partial charge in [-0.1, -0.05) is 23.8 Å². The maximum atomic E-state index is 12.6. The Morgan fingerprint density at radius 3 is 2.37 bits per heavy atom. The van der Waals surface area contributed by atoms with Gasteiger partial charge in [0.05, 0.1) is 0 Å². The number of amides is 2. The summed E-state index contributed by atoms with van der Waals surface area (Å²) >= 11 is 0. The molecule has 2 aliphatic heterocycles. The highest BCUT2D eigenvalue weighted by Gasteiger charge is 2.25. The number of fused-ring (bicyclic) bond motifs is 1. The molecule has 2 heterocycles. The average molecular weight is 363 g/mol. The molecule has 1 saturated heterocycles. The minimum Gasteiger partial charge on any atom is -0.349 e. The number of nitrogens with one attached hydrogen (secondary N) is 2. The number of piperidine rings is 1. The SMILES string of the molecule is Cc1ccc(C(=O)N2CCC(NC(=O)c3ccc4c(c3)CNC4)CC2)cc1. The number of likely N-dealkylation sites (tertiary alicyclic amines) is 1. The van der Waals surface area contributed by atoms with Gasteiger partial charge >= 0.3 is 0 Å². The predicted octanol–water partition coefficient (Wildman–Crippen LogP) is 2.63. The molecule has 5 nitrogen and oxygen atoms in total. The molecular weight excluding hydrogens is 338 g/mol. The topological polar surface area (TPSA) is 61.4 Å². The Labute approximate surface area is 159 Å². The van der Waals surface area contributed by atoms with Gasteiger partial charge in [-0.2, -0.15) is 0 Å². The molecule has 0 atom stereocenters. The molecule has 0 radical (unpaired) electrons. The molecule has 27 heavy (non-hydrogen) atoms. The quantitative estimate of drug-likeness (QED) is 0.881. The first-order chi connectivity index (χ1) is 13.1. The highest BCUT2D eigenvalue weighted by atomic mass is 16.2. The number of nitrogens with zero attached hydrogens (tertiary/aromatic N) is 1. The van der Waals surface area contributed by atoms with Crippen molar-refractivity contribution in [1.82, 2.24) is 15.5 Å². The van der Waals surface area contributed by atoms with Gasteiger partial charge in [-0.05, 0) is 55.2 Å². The van der Waals surface area contributed by atoms with Crippen LogP contribution in [0.3, 0.4) is 0 Å². The fraction of sp³-hybridized carbons (Fsp3) is 0.364. The number of carbonyl (C=O) groups excluding carboxylic acids is 2. The van der Waals surface area contributed by atoms with Crippen LogP contribution in [-0.4, -0.2) is 35.8 Å². The van der Waals surface area contributed by atoms with Crippen molar-refractivity contribution in [3.63, 3.8) is 0 Å². The lowest BCUT2D eigenvalue weighted by molar-refractivity contribution is 0.0698. The average Bonchev–Trinajstić information content (AvgIpc) is 3.16. The summed E-state index contributed by atoms with van der Waals surface area (Å²) in [5, 5.41) is 6.43. The Hall–Kier alpha value is -2.66. The lowest BCUT2D eigenvalue weighted by Crippen LogP contribution is -2.46. The molecule has 0 aromatic heterocycles. The van der Waals surface area contributed by atoms with E-state index < -0.39 is 0 Å². The Morgan fingerprint density at radius 1 is 0.963 bits per heavy atom. The van der Waals surface area contributed by atoms with Crippen molar-refractivity contribution in [2.45, 2.75) is 38.9 Å². The van der Waals surface area contributed by atoms with E-state index in [-0.39, 0.29) is 17.9 Å². The van der Waals surface area contributed by atoms with Crippen molar-refractivity contribution in [3.8, 4) is 0 Å². The molecule has 4 rings (SSSR count). The second kappa shape index (κ2) is 7.53. The van der Waals surface area contributed by atoms with E-state index in [0.717, 1.165) is 42.6 Å². The molecule has 0 aliphatic carbocycles. The third-order valence-corrected chi connectivity index (χ3v) is 5.52. The van der Waals surface area contributed by atoms with Crippen LogP contribution in [0.4, 0.5) is 0 Å². The van der Waals surface area contributed by atoms with E-state index in [2.05, 4.69) is 10.6 Å². The second-order valence-corrected chi connectivity index (χ2v) is 7.49. The summed E-state index contributed by atoms with van der Waals surface area (Å²) in [6.07, 6.45) is 1.58. The van der Waals surface area contributed by atoms with Crippen molar-refractivity contribution in [2.75, 3.05) is 13.1 Å². The molecule has 5 heteroatoms. The van der Waals surface area contributed by atoms with Crippen LogP contribution < -0.4 is 10.6 Å². The van der Waals surface area contributed by atoms with Crippen LogP contribution in [0.1, 0.15) is 50.2 Å². The van der Waals surface area contributed by atoms with Gasteiger partial charge in [0, 0.05) is 43.3 Å². The van der Waals surface area contributed by atoms with E-state index in [4.69, 9.17) is 0 Å². The smallest absolute Gasteiger partial charge is 0.253 e. The van der Waals surface area contributed by atoms with Gasteiger partial charge in [-0.3, -0.25) is 9.59 Å². The molecule has 0 unspecified atom stereocenters. The Bertz CT molecular complexity index is 852. The van der Waals surface area contributed by atoms with Gasteiger partial charge in [0.15, 0.2) is 0 Å². The molecule has 0 spiro atoms. The molecule has 2 aliphatic rings. The molecule has 1 fully saturated rings. The van der Waals surface area contributed by atoms with Crippen LogP contribution in [0, 0.1) is 6.92 Å². The van der Waals surface area contributed by atoms with E-state index in [0.29, 0.717) is 13.1 Å². The van der Waals surface area contributed by atoms with Crippen LogP contribution in [0.25, 0.3) is 0 Å². The number of hydrogen-bond donors (Lipinski definition) is 2. The maximum absolute atomic E-state index is 12.6. The number of aryl methyl sites for hydroxylation is 1. The van der Waals surface area contributed by atoms with Gasteiger partial charge in [-0.25, -0.2) is 0 Å². The lowest BCUT2D eigenvalue weighted by atomic mass is 10.0. The van der Waals surface area contributed by atoms with Crippen molar-refractivity contribution in [1.29, 1.82) is 0 Å². The van der Waals surface area contributed by atoms with Crippen molar-refractivity contribution >= 4 is 11.8 Å². The first-order valence-electron chi connectivity index (χ1n) is 9.59. The summed E-state index contributed by atoms with van der Waals surface area (Å²) in [5.74, 6) is 0.0545. The Morgan fingerprint density at radius 2 is 1.63 bits per heavy atom. The maximum Gasteiger partial charge on any atom is 0.253 e. The molecule has 2 aromatic rings. The largest absolute Gasteiger partial charge is 0.349 e. The van der Waals surface area contributed by atoms with E-state index in [1.807, 2.05) is 54.3 Å². The first-order valence-corrected chi connectivity index (χ1v) is 9.59. The van der Waals surface area contributed by atoms with Crippen molar-refractivity contribution in [2.24, 2.45) is 0 Å². The summed E-state index contributed by atoms with van der Waals surface area (Å²) in [6, 6.07) is 13.7. The molecule has 2 amide bonds. The number of benzene rings is 2. The standard InChI is InChI=1S/C22H25N3O2/c1-15-2-4-16(5-3-15)22(27)25-10-8-20(9-11-25)24-21(26)17-6-7-18-13-23-14-19(18)12-17/h2-7,12,20,23H,8-11,13-14H2,1H3,(H,24,26). The third kappa shape index (κ3) is 3.88. The number of carbonyl (C=O) groups is 2. The molecular formula is C22H25N3O2.